The third-order valence-corrected chi connectivity index (χ3v) is 3.07. The van der Waals surface area contributed by atoms with Gasteiger partial charge >= 0.3 is 0 Å². The molecular formula is C14H25N3. The Morgan fingerprint density at radius 2 is 2.29 bits per heavy atom. The van der Waals surface area contributed by atoms with Gasteiger partial charge in [-0.3, -0.25) is 4.68 Å². The summed E-state index contributed by atoms with van der Waals surface area (Å²) in [4.78, 5) is 0. The average molecular weight is 235 g/mol. The maximum Gasteiger partial charge on any atom is 0.0522 e. The lowest BCUT2D eigenvalue weighted by atomic mass is 9.84. The second-order valence-corrected chi connectivity index (χ2v) is 4.92. The third kappa shape index (κ3) is 4.35. The summed E-state index contributed by atoms with van der Waals surface area (Å²) in [6, 6.07) is 0. The Morgan fingerprint density at radius 3 is 2.82 bits per heavy atom. The summed E-state index contributed by atoms with van der Waals surface area (Å²) in [6.07, 6.45) is 8.31. The smallest absolute Gasteiger partial charge is 0.0522 e. The molecule has 0 amide bonds. The van der Waals surface area contributed by atoms with Gasteiger partial charge in [-0.2, -0.15) is 5.10 Å². The first-order valence-corrected chi connectivity index (χ1v) is 6.49. The van der Waals surface area contributed by atoms with Crippen LogP contribution in [0.25, 0.3) is 0 Å². The Morgan fingerprint density at radius 1 is 1.53 bits per heavy atom. The predicted octanol–water partition coefficient (Wildman–Crippen LogP) is 2.64. The minimum absolute atomic E-state index is 0.108. The second kappa shape index (κ2) is 6.60. The normalized spacial score (nSPS) is 14.5. The molecule has 0 saturated carbocycles. The summed E-state index contributed by atoms with van der Waals surface area (Å²) in [5.41, 5.74) is 1.39. The monoisotopic (exact) mass is 235 g/mol. The number of aromatic nitrogens is 2. The fourth-order valence-electron chi connectivity index (χ4n) is 1.89. The Hall–Kier alpha value is -1.09. The molecule has 3 nitrogen and oxygen atoms in total. The van der Waals surface area contributed by atoms with Crippen molar-refractivity contribution in [3.05, 3.63) is 30.6 Å². The van der Waals surface area contributed by atoms with Crippen molar-refractivity contribution in [1.82, 2.24) is 15.1 Å². The third-order valence-electron chi connectivity index (χ3n) is 3.07. The zero-order valence-electron chi connectivity index (χ0n) is 11.4. The van der Waals surface area contributed by atoms with Gasteiger partial charge in [0.1, 0.15) is 0 Å². The molecule has 0 aliphatic heterocycles. The molecular weight excluding hydrogens is 210 g/mol. The van der Waals surface area contributed by atoms with E-state index in [9.17, 15) is 0 Å². The fourth-order valence-corrected chi connectivity index (χ4v) is 1.89. The van der Waals surface area contributed by atoms with Gasteiger partial charge in [0.05, 0.1) is 6.20 Å². The van der Waals surface area contributed by atoms with Gasteiger partial charge in [0.25, 0.3) is 0 Å². The molecule has 1 aromatic rings. The molecule has 1 rings (SSSR count). The van der Waals surface area contributed by atoms with Crippen molar-refractivity contribution in [1.29, 1.82) is 0 Å². The zero-order valence-corrected chi connectivity index (χ0v) is 11.4. The lowest BCUT2D eigenvalue weighted by Gasteiger charge is -2.25. The highest BCUT2D eigenvalue weighted by Crippen LogP contribution is 2.22. The Kier molecular flexibility index (Phi) is 5.42. The van der Waals surface area contributed by atoms with Gasteiger partial charge in [-0.25, -0.2) is 0 Å². The molecule has 0 saturated heterocycles. The largest absolute Gasteiger partial charge is 0.316 e. The highest BCUT2D eigenvalue weighted by molar-refractivity contribution is 5.11. The molecule has 0 aliphatic rings. The van der Waals surface area contributed by atoms with Gasteiger partial charge in [0.2, 0.25) is 0 Å². The summed E-state index contributed by atoms with van der Waals surface area (Å²) in [6.45, 7) is 13.5. The van der Waals surface area contributed by atoms with Crippen molar-refractivity contribution >= 4 is 0 Å². The van der Waals surface area contributed by atoms with Crippen molar-refractivity contribution in [3.63, 3.8) is 0 Å². The van der Waals surface area contributed by atoms with Crippen LogP contribution in [-0.2, 0) is 13.0 Å². The molecule has 1 heterocycles. The first-order chi connectivity index (χ1) is 8.13. The van der Waals surface area contributed by atoms with E-state index in [1.54, 1.807) is 0 Å². The first kappa shape index (κ1) is 14.0. The number of aryl methyl sites for hydroxylation is 1. The Bertz CT molecular complexity index is 343. The van der Waals surface area contributed by atoms with E-state index >= 15 is 0 Å². The summed E-state index contributed by atoms with van der Waals surface area (Å²) < 4.78 is 1.97. The maximum absolute atomic E-state index is 4.31. The van der Waals surface area contributed by atoms with E-state index < -0.39 is 0 Å². The van der Waals surface area contributed by atoms with Crippen LogP contribution in [0.3, 0.4) is 0 Å². The summed E-state index contributed by atoms with van der Waals surface area (Å²) >= 11 is 0. The van der Waals surface area contributed by atoms with E-state index in [-0.39, 0.29) is 5.41 Å². The average Bonchev–Trinajstić information content (AvgIpc) is 2.77. The molecule has 0 aliphatic carbocycles. The highest BCUT2D eigenvalue weighted by Gasteiger charge is 2.20. The van der Waals surface area contributed by atoms with E-state index in [1.807, 2.05) is 10.9 Å². The SMILES string of the molecule is C=CC(C)(CNCCC)Cc1cnn(CC)c1. The van der Waals surface area contributed by atoms with Crippen molar-refractivity contribution in [2.24, 2.45) is 5.41 Å². The number of rotatable bonds is 8. The van der Waals surface area contributed by atoms with Crippen LogP contribution >= 0.6 is 0 Å². The van der Waals surface area contributed by atoms with Crippen molar-refractivity contribution in [2.45, 2.75) is 40.2 Å². The van der Waals surface area contributed by atoms with Crippen LogP contribution < -0.4 is 5.32 Å². The van der Waals surface area contributed by atoms with Crippen LogP contribution in [0.4, 0.5) is 0 Å². The van der Waals surface area contributed by atoms with E-state index in [1.165, 1.54) is 12.0 Å². The van der Waals surface area contributed by atoms with E-state index in [2.05, 4.69) is 50.0 Å². The molecule has 1 unspecified atom stereocenters. The highest BCUT2D eigenvalue weighted by atomic mass is 15.3. The second-order valence-electron chi connectivity index (χ2n) is 4.92. The number of hydrogen-bond donors (Lipinski definition) is 1. The molecule has 1 aromatic heterocycles. The molecule has 17 heavy (non-hydrogen) atoms. The minimum Gasteiger partial charge on any atom is -0.316 e. The summed E-state index contributed by atoms with van der Waals surface area (Å²) in [5.74, 6) is 0. The molecule has 0 aromatic carbocycles. The number of nitrogens with zero attached hydrogens (tertiary/aromatic N) is 2. The Labute approximate surface area is 105 Å². The lowest BCUT2D eigenvalue weighted by Crippen LogP contribution is -2.32. The van der Waals surface area contributed by atoms with Gasteiger partial charge in [-0.05, 0) is 31.9 Å². The summed E-state index contributed by atoms with van der Waals surface area (Å²) in [5, 5.41) is 7.78. The van der Waals surface area contributed by atoms with Crippen LogP contribution in [0.5, 0.6) is 0 Å². The van der Waals surface area contributed by atoms with Crippen molar-refractivity contribution < 1.29 is 0 Å². The molecule has 1 N–H and O–H groups in total. The molecule has 0 spiro atoms. The topological polar surface area (TPSA) is 29.9 Å². The van der Waals surface area contributed by atoms with E-state index in [0.29, 0.717) is 0 Å². The fraction of sp³-hybridized carbons (Fsp3) is 0.643. The molecule has 0 bridgehead atoms. The van der Waals surface area contributed by atoms with Crippen LogP contribution in [-0.4, -0.2) is 22.9 Å². The molecule has 96 valence electrons. The van der Waals surface area contributed by atoms with E-state index in [0.717, 1.165) is 26.1 Å². The molecule has 0 fully saturated rings. The van der Waals surface area contributed by atoms with Crippen LogP contribution in [0, 0.1) is 5.41 Å². The standard InChI is InChI=1S/C14H25N3/c1-5-8-15-12-14(4,6-2)9-13-10-16-17(7-3)11-13/h6,10-11,15H,2,5,7-9,12H2,1,3-4H3. The number of hydrogen-bond acceptors (Lipinski definition) is 2. The predicted molar refractivity (Wildman–Crippen MR) is 73.1 cm³/mol. The Balaban J connectivity index is 2.57. The quantitative estimate of drug-likeness (QED) is 0.554. The van der Waals surface area contributed by atoms with Crippen LogP contribution in [0.2, 0.25) is 0 Å². The first-order valence-electron chi connectivity index (χ1n) is 6.49. The molecule has 0 radical (unpaired) electrons. The van der Waals surface area contributed by atoms with Crippen LogP contribution in [0.1, 0.15) is 32.8 Å². The van der Waals surface area contributed by atoms with Crippen molar-refractivity contribution in [3.8, 4) is 0 Å². The maximum atomic E-state index is 4.31. The van der Waals surface area contributed by atoms with Crippen molar-refractivity contribution in [2.75, 3.05) is 13.1 Å². The van der Waals surface area contributed by atoms with Gasteiger partial charge in [-0.1, -0.05) is 19.9 Å². The minimum atomic E-state index is 0.108. The zero-order chi connectivity index (χ0) is 12.7. The van der Waals surface area contributed by atoms with Gasteiger partial charge in [0.15, 0.2) is 0 Å². The summed E-state index contributed by atoms with van der Waals surface area (Å²) in [7, 11) is 0. The van der Waals surface area contributed by atoms with Gasteiger partial charge in [-0.15, -0.1) is 6.58 Å². The molecule has 1 atom stereocenters. The van der Waals surface area contributed by atoms with Gasteiger partial charge in [0, 0.05) is 24.7 Å². The van der Waals surface area contributed by atoms with E-state index in [4.69, 9.17) is 0 Å². The number of nitrogens with one attached hydrogen (secondary N) is 1. The molecule has 3 heteroatoms. The lowest BCUT2D eigenvalue weighted by molar-refractivity contribution is 0.391. The van der Waals surface area contributed by atoms with Crippen LogP contribution in [0.15, 0.2) is 25.0 Å². The van der Waals surface area contributed by atoms with Gasteiger partial charge < -0.3 is 5.32 Å².